The van der Waals surface area contributed by atoms with Gasteiger partial charge in [-0.1, -0.05) is 25.1 Å². The molecule has 112 valence electrons. The molecule has 0 aliphatic heterocycles. The van der Waals surface area contributed by atoms with Gasteiger partial charge in [0.1, 0.15) is 0 Å². The van der Waals surface area contributed by atoms with Gasteiger partial charge in [0.05, 0.1) is 6.54 Å². The van der Waals surface area contributed by atoms with E-state index in [0.29, 0.717) is 6.54 Å². The van der Waals surface area contributed by atoms with Crippen LogP contribution in [0.5, 0.6) is 0 Å². The van der Waals surface area contributed by atoms with Gasteiger partial charge in [-0.05, 0) is 19.2 Å². The number of halogens is 1. The molecule has 2 amide bonds. The molecule has 0 aliphatic rings. The number of carbonyl (C=O) groups is 2. The molecule has 5 nitrogen and oxygen atoms in total. The van der Waals surface area contributed by atoms with Crippen LogP contribution in [0.1, 0.15) is 6.92 Å². The molecule has 0 aliphatic carbocycles. The zero-order valence-electron chi connectivity index (χ0n) is 12.1. The first-order valence-corrected chi connectivity index (χ1v) is 6.29. The van der Waals surface area contributed by atoms with Crippen molar-refractivity contribution >= 4 is 29.9 Å². The first-order valence-electron chi connectivity index (χ1n) is 6.29. The molecule has 6 heteroatoms. The van der Waals surface area contributed by atoms with Crippen molar-refractivity contribution in [2.45, 2.75) is 6.92 Å². The maximum Gasteiger partial charge on any atom is 0.243 e. The van der Waals surface area contributed by atoms with E-state index in [2.05, 4.69) is 10.6 Å². The fraction of sp³-hybridized carbons (Fsp3) is 0.429. The fourth-order valence-electron chi connectivity index (χ4n) is 1.79. The monoisotopic (exact) mass is 299 g/mol. The number of para-hydroxylation sites is 1. The Labute approximate surface area is 126 Å². The maximum atomic E-state index is 11.9. The first kappa shape index (κ1) is 18.4. The van der Waals surface area contributed by atoms with Crippen molar-refractivity contribution in [3.8, 4) is 0 Å². The lowest BCUT2D eigenvalue weighted by Gasteiger charge is -2.20. The Hall–Kier alpha value is -1.59. The number of nitrogens with one attached hydrogen (secondary N) is 2. The van der Waals surface area contributed by atoms with Crippen molar-refractivity contribution in [2.24, 2.45) is 5.92 Å². The molecule has 20 heavy (non-hydrogen) atoms. The van der Waals surface area contributed by atoms with Gasteiger partial charge in [0, 0.05) is 25.2 Å². The Balaban J connectivity index is 0.00000361. The summed E-state index contributed by atoms with van der Waals surface area (Å²) >= 11 is 0. The van der Waals surface area contributed by atoms with Crippen molar-refractivity contribution in [3.63, 3.8) is 0 Å². The van der Waals surface area contributed by atoms with E-state index in [0.717, 1.165) is 5.69 Å². The van der Waals surface area contributed by atoms with Crippen LogP contribution in [-0.4, -0.2) is 43.9 Å². The van der Waals surface area contributed by atoms with Gasteiger partial charge in [-0.3, -0.25) is 9.59 Å². The molecule has 1 rings (SSSR count). The first-order chi connectivity index (χ1) is 9.04. The highest BCUT2D eigenvalue weighted by atomic mass is 35.5. The number of nitrogens with zero attached hydrogens (tertiary/aromatic N) is 1. The number of rotatable bonds is 6. The van der Waals surface area contributed by atoms with Crippen LogP contribution >= 0.6 is 12.4 Å². The molecule has 0 saturated carbocycles. The van der Waals surface area contributed by atoms with Crippen LogP contribution in [0, 0.1) is 5.92 Å². The highest BCUT2D eigenvalue weighted by Crippen LogP contribution is 2.05. The molecular weight excluding hydrogens is 278 g/mol. The number of benzene rings is 1. The smallest absolute Gasteiger partial charge is 0.243 e. The molecular formula is C14H22ClN3O2. The van der Waals surface area contributed by atoms with Crippen LogP contribution < -0.4 is 10.6 Å². The Morgan fingerprint density at radius 1 is 1.25 bits per heavy atom. The second kappa shape index (κ2) is 9.34. The summed E-state index contributed by atoms with van der Waals surface area (Å²) in [5, 5.41) is 5.70. The van der Waals surface area contributed by atoms with Gasteiger partial charge < -0.3 is 15.5 Å². The van der Waals surface area contributed by atoms with Gasteiger partial charge in [-0.2, -0.15) is 0 Å². The summed E-state index contributed by atoms with van der Waals surface area (Å²) in [4.78, 5) is 25.2. The molecule has 0 spiro atoms. The van der Waals surface area contributed by atoms with Gasteiger partial charge >= 0.3 is 0 Å². The zero-order chi connectivity index (χ0) is 14.3. The third-order valence-corrected chi connectivity index (χ3v) is 2.75. The fourth-order valence-corrected chi connectivity index (χ4v) is 1.79. The Morgan fingerprint density at radius 2 is 1.85 bits per heavy atom. The Kier molecular flexibility index (Phi) is 8.59. The minimum absolute atomic E-state index is 0. The highest BCUT2D eigenvalue weighted by Gasteiger charge is 2.18. The topological polar surface area (TPSA) is 61.4 Å². The summed E-state index contributed by atoms with van der Waals surface area (Å²) in [7, 11) is 3.44. The molecule has 0 heterocycles. The normalized spacial score (nSPS) is 11.2. The van der Waals surface area contributed by atoms with E-state index in [4.69, 9.17) is 0 Å². The van der Waals surface area contributed by atoms with Crippen molar-refractivity contribution in [2.75, 3.05) is 32.5 Å². The van der Waals surface area contributed by atoms with Crippen molar-refractivity contribution < 1.29 is 9.59 Å². The average molecular weight is 300 g/mol. The second-order valence-electron chi connectivity index (χ2n) is 4.57. The van der Waals surface area contributed by atoms with Crippen LogP contribution in [0.15, 0.2) is 30.3 Å². The zero-order valence-corrected chi connectivity index (χ0v) is 12.9. The molecule has 0 bridgehead atoms. The average Bonchev–Trinajstić information content (AvgIpc) is 2.39. The lowest BCUT2D eigenvalue weighted by Crippen LogP contribution is -2.40. The summed E-state index contributed by atoms with van der Waals surface area (Å²) in [5.74, 6) is -0.379. The molecule has 1 aromatic rings. The highest BCUT2D eigenvalue weighted by molar-refractivity contribution is 5.94. The lowest BCUT2D eigenvalue weighted by atomic mass is 10.1. The van der Waals surface area contributed by atoms with Crippen LogP contribution in [0.4, 0.5) is 5.69 Å². The van der Waals surface area contributed by atoms with E-state index in [1.54, 1.807) is 14.1 Å². The number of amides is 2. The molecule has 0 aromatic heterocycles. The molecule has 1 atom stereocenters. The summed E-state index contributed by atoms with van der Waals surface area (Å²) in [6, 6.07) is 9.19. The summed E-state index contributed by atoms with van der Waals surface area (Å²) in [6.07, 6.45) is 0. The van der Waals surface area contributed by atoms with Crippen molar-refractivity contribution in [1.82, 2.24) is 10.2 Å². The summed E-state index contributed by atoms with van der Waals surface area (Å²) < 4.78 is 0. The number of carbonyl (C=O) groups excluding carboxylic acids is 2. The van der Waals surface area contributed by atoms with Gasteiger partial charge in [-0.25, -0.2) is 0 Å². The molecule has 0 radical (unpaired) electrons. The Bertz CT molecular complexity index is 426. The van der Waals surface area contributed by atoms with Crippen LogP contribution in [0.2, 0.25) is 0 Å². The van der Waals surface area contributed by atoms with E-state index >= 15 is 0 Å². The predicted octanol–water partition coefficient (Wildman–Crippen LogP) is 1.36. The molecule has 2 N–H and O–H groups in total. The van der Waals surface area contributed by atoms with Crippen LogP contribution in [0.25, 0.3) is 0 Å². The van der Waals surface area contributed by atoms with E-state index in [-0.39, 0.29) is 36.7 Å². The Morgan fingerprint density at radius 3 is 2.40 bits per heavy atom. The SMILES string of the molecule is CNCC(C)C(=O)N(C)CC(=O)Nc1ccccc1.Cl. The third-order valence-electron chi connectivity index (χ3n) is 2.75. The molecule has 0 fully saturated rings. The van der Waals surface area contributed by atoms with Crippen LogP contribution in [-0.2, 0) is 9.59 Å². The van der Waals surface area contributed by atoms with Crippen molar-refractivity contribution in [3.05, 3.63) is 30.3 Å². The van der Waals surface area contributed by atoms with E-state index in [1.807, 2.05) is 37.3 Å². The number of likely N-dealkylation sites (N-methyl/N-ethyl adjacent to an activating group) is 1. The second-order valence-corrected chi connectivity index (χ2v) is 4.57. The number of hydrogen-bond acceptors (Lipinski definition) is 3. The number of hydrogen-bond donors (Lipinski definition) is 2. The van der Waals surface area contributed by atoms with E-state index in [9.17, 15) is 9.59 Å². The van der Waals surface area contributed by atoms with Gasteiger partial charge in [-0.15, -0.1) is 12.4 Å². The van der Waals surface area contributed by atoms with E-state index < -0.39 is 0 Å². The van der Waals surface area contributed by atoms with Crippen molar-refractivity contribution in [1.29, 1.82) is 0 Å². The molecule has 1 aromatic carbocycles. The minimum Gasteiger partial charge on any atom is -0.336 e. The summed E-state index contributed by atoms with van der Waals surface area (Å²) in [6.45, 7) is 2.50. The minimum atomic E-state index is -0.196. The largest absolute Gasteiger partial charge is 0.336 e. The number of anilines is 1. The predicted molar refractivity (Wildman–Crippen MR) is 83.0 cm³/mol. The van der Waals surface area contributed by atoms with Gasteiger partial charge in [0.2, 0.25) is 11.8 Å². The van der Waals surface area contributed by atoms with Gasteiger partial charge in [0.25, 0.3) is 0 Å². The molecule has 1 unspecified atom stereocenters. The third kappa shape index (κ3) is 6.04. The quantitative estimate of drug-likeness (QED) is 0.834. The molecule has 0 saturated heterocycles. The maximum absolute atomic E-state index is 11.9. The van der Waals surface area contributed by atoms with E-state index in [1.165, 1.54) is 4.90 Å². The lowest BCUT2D eigenvalue weighted by molar-refractivity contribution is -0.136. The van der Waals surface area contributed by atoms with Gasteiger partial charge in [0.15, 0.2) is 0 Å². The van der Waals surface area contributed by atoms with Crippen LogP contribution in [0.3, 0.4) is 0 Å². The standard InChI is InChI=1S/C14H21N3O2.ClH/c1-11(9-15-2)14(19)17(3)10-13(18)16-12-7-5-4-6-8-12;/h4-8,11,15H,9-10H2,1-3H3,(H,16,18);1H. The summed E-state index contributed by atoms with van der Waals surface area (Å²) in [5.41, 5.74) is 0.733.